The molecule has 1 aliphatic heterocycles. The fraction of sp³-hybridized carbons (Fsp3) is 0.333. The molecule has 1 saturated heterocycles. The molecule has 0 bridgehead atoms. The van der Waals surface area contributed by atoms with E-state index >= 15 is 0 Å². The van der Waals surface area contributed by atoms with Crippen molar-refractivity contribution in [3.05, 3.63) is 54.4 Å². The van der Waals surface area contributed by atoms with Gasteiger partial charge in [0.05, 0.1) is 7.11 Å². The summed E-state index contributed by atoms with van der Waals surface area (Å²) >= 11 is 0. The summed E-state index contributed by atoms with van der Waals surface area (Å²) in [5, 5.41) is 2.69. The highest BCUT2D eigenvalue weighted by atomic mass is 16.5. The number of likely N-dealkylation sites (tertiary alicyclic amines) is 1. The Bertz CT molecular complexity index is 870. The van der Waals surface area contributed by atoms with Gasteiger partial charge in [0.25, 0.3) is 11.8 Å². The van der Waals surface area contributed by atoms with Gasteiger partial charge in [-0.15, -0.1) is 0 Å². The van der Waals surface area contributed by atoms with E-state index in [1.165, 1.54) is 18.0 Å². The quantitative estimate of drug-likeness (QED) is 0.751. The maximum Gasteiger partial charge on any atom is 0.329 e. The summed E-state index contributed by atoms with van der Waals surface area (Å²) in [6, 6.07) is 11.1. The van der Waals surface area contributed by atoms with Gasteiger partial charge in [-0.05, 0) is 56.2 Å². The highest BCUT2D eigenvalue weighted by Crippen LogP contribution is 2.21. The maximum atomic E-state index is 12.6. The number of pyridine rings is 1. The van der Waals surface area contributed by atoms with Crippen molar-refractivity contribution in [3.8, 4) is 5.75 Å². The van der Waals surface area contributed by atoms with Crippen molar-refractivity contribution < 1.29 is 23.9 Å². The van der Waals surface area contributed by atoms with Crippen LogP contribution >= 0.6 is 0 Å². The molecule has 3 rings (SSSR count). The van der Waals surface area contributed by atoms with E-state index in [0.717, 1.165) is 0 Å². The van der Waals surface area contributed by atoms with Crippen LogP contribution in [0.1, 0.15) is 30.3 Å². The van der Waals surface area contributed by atoms with Gasteiger partial charge in [-0.25, -0.2) is 4.79 Å². The molecule has 0 radical (unpaired) electrons. The first-order chi connectivity index (χ1) is 14.0. The molecule has 2 amide bonds. The van der Waals surface area contributed by atoms with E-state index in [0.29, 0.717) is 30.8 Å². The third-order valence-corrected chi connectivity index (χ3v) is 4.69. The third kappa shape index (κ3) is 4.90. The Balaban J connectivity index is 1.59. The second-order valence-corrected chi connectivity index (χ2v) is 6.67. The van der Waals surface area contributed by atoms with Gasteiger partial charge in [-0.1, -0.05) is 6.07 Å². The third-order valence-electron chi connectivity index (χ3n) is 4.69. The number of aromatic nitrogens is 1. The van der Waals surface area contributed by atoms with Crippen molar-refractivity contribution >= 4 is 23.5 Å². The van der Waals surface area contributed by atoms with E-state index in [-0.39, 0.29) is 11.6 Å². The predicted molar refractivity (Wildman–Crippen MR) is 105 cm³/mol. The second kappa shape index (κ2) is 9.18. The van der Waals surface area contributed by atoms with Crippen LogP contribution in [0.15, 0.2) is 48.7 Å². The number of hydrogen-bond donors (Lipinski definition) is 1. The highest BCUT2D eigenvalue weighted by molar-refractivity contribution is 5.97. The molecule has 2 aromatic rings. The van der Waals surface area contributed by atoms with Gasteiger partial charge in [-0.3, -0.25) is 14.6 Å². The van der Waals surface area contributed by atoms with Gasteiger partial charge in [0.2, 0.25) is 0 Å². The minimum Gasteiger partial charge on any atom is -0.497 e. The molecule has 152 valence electrons. The average molecular weight is 397 g/mol. The summed E-state index contributed by atoms with van der Waals surface area (Å²) in [6.45, 7) is 1.94. The molecular weight excluding hydrogens is 374 g/mol. The molecule has 1 aliphatic rings. The zero-order chi connectivity index (χ0) is 20.8. The molecule has 1 aromatic heterocycles. The SMILES string of the molecule is COc1ccc(NC(=O)[C@H](C)OC(=O)[C@@H]2CCCN2C(=O)c2ccccn2)cc1. The van der Waals surface area contributed by atoms with Crippen LogP contribution in [0.3, 0.4) is 0 Å². The lowest BCUT2D eigenvalue weighted by Gasteiger charge is -2.24. The largest absolute Gasteiger partial charge is 0.497 e. The first-order valence-corrected chi connectivity index (χ1v) is 9.37. The molecule has 1 N–H and O–H groups in total. The van der Waals surface area contributed by atoms with E-state index in [1.807, 2.05) is 0 Å². The predicted octanol–water partition coefficient (Wildman–Crippen LogP) is 2.27. The summed E-state index contributed by atoms with van der Waals surface area (Å²) in [5.74, 6) is -0.699. The van der Waals surface area contributed by atoms with Crippen molar-refractivity contribution in [1.29, 1.82) is 0 Å². The Morgan fingerprint density at radius 2 is 1.93 bits per heavy atom. The number of methoxy groups -OCH3 is 1. The van der Waals surface area contributed by atoms with Crippen LogP contribution in [-0.4, -0.2) is 53.5 Å². The fourth-order valence-electron chi connectivity index (χ4n) is 3.12. The summed E-state index contributed by atoms with van der Waals surface area (Å²) in [7, 11) is 1.56. The molecule has 8 heteroatoms. The number of carbonyl (C=O) groups excluding carboxylic acids is 3. The van der Waals surface area contributed by atoms with Crippen molar-refractivity contribution in [1.82, 2.24) is 9.88 Å². The van der Waals surface area contributed by atoms with Crippen LogP contribution < -0.4 is 10.1 Å². The fourth-order valence-corrected chi connectivity index (χ4v) is 3.12. The molecule has 0 aliphatic carbocycles. The number of ether oxygens (including phenoxy) is 2. The van der Waals surface area contributed by atoms with Crippen LogP contribution in [0.4, 0.5) is 5.69 Å². The molecule has 1 aromatic carbocycles. The Kier molecular flexibility index (Phi) is 6.43. The van der Waals surface area contributed by atoms with Gasteiger partial charge in [0.1, 0.15) is 17.5 Å². The van der Waals surface area contributed by atoms with Gasteiger partial charge >= 0.3 is 5.97 Å². The monoisotopic (exact) mass is 397 g/mol. The molecule has 2 heterocycles. The number of hydrogen-bond acceptors (Lipinski definition) is 6. The van der Waals surface area contributed by atoms with Gasteiger partial charge in [-0.2, -0.15) is 0 Å². The standard InChI is InChI=1S/C21H23N3O5/c1-14(19(25)23-15-8-10-16(28-2)11-9-15)29-21(27)18-7-5-13-24(18)20(26)17-6-3-4-12-22-17/h3-4,6,8-12,14,18H,5,7,13H2,1-2H3,(H,23,25)/t14-,18-/m0/s1. The summed E-state index contributed by atoms with van der Waals surface area (Å²) in [6.07, 6.45) is 1.70. The topological polar surface area (TPSA) is 97.8 Å². The van der Waals surface area contributed by atoms with E-state index in [2.05, 4.69) is 10.3 Å². The molecule has 0 spiro atoms. The molecule has 29 heavy (non-hydrogen) atoms. The van der Waals surface area contributed by atoms with Crippen LogP contribution in [0, 0.1) is 0 Å². The number of carbonyl (C=O) groups is 3. The highest BCUT2D eigenvalue weighted by Gasteiger charge is 2.37. The normalized spacial score (nSPS) is 16.8. The van der Waals surface area contributed by atoms with Crippen LogP contribution in [-0.2, 0) is 14.3 Å². The lowest BCUT2D eigenvalue weighted by molar-refractivity contribution is -0.156. The Morgan fingerprint density at radius 1 is 1.17 bits per heavy atom. The number of benzene rings is 1. The number of esters is 1. The maximum absolute atomic E-state index is 12.6. The number of rotatable bonds is 6. The lowest BCUT2D eigenvalue weighted by atomic mass is 10.2. The summed E-state index contributed by atoms with van der Waals surface area (Å²) in [4.78, 5) is 43.1. The van der Waals surface area contributed by atoms with Gasteiger partial charge < -0.3 is 19.7 Å². The first kappa shape index (κ1) is 20.3. The molecule has 8 nitrogen and oxygen atoms in total. The molecule has 1 fully saturated rings. The zero-order valence-electron chi connectivity index (χ0n) is 16.3. The smallest absolute Gasteiger partial charge is 0.329 e. The average Bonchev–Trinajstić information content (AvgIpc) is 3.24. The van der Waals surface area contributed by atoms with Crippen molar-refractivity contribution in [2.24, 2.45) is 0 Å². The summed E-state index contributed by atoms with van der Waals surface area (Å²) in [5.41, 5.74) is 0.837. The van der Waals surface area contributed by atoms with Gasteiger partial charge in [0.15, 0.2) is 6.10 Å². The number of amides is 2. The Hall–Kier alpha value is -3.42. The van der Waals surface area contributed by atoms with Crippen LogP contribution in [0.2, 0.25) is 0 Å². The number of nitrogens with zero attached hydrogens (tertiary/aromatic N) is 2. The van der Waals surface area contributed by atoms with Crippen LogP contribution in [0.25, 0.3) is 0 Å². The van der Waals surface area contributed by atoms with Crippen LogP contribution in [0.5, 0.6) is 5.75 Å². The number of anilines is 1. The van der Waals surface area contributed by atoms with Crippen molar-refractivity contribution in [2.45, 2.75) is 31.9 Å². The lowest BCUT2D eigenvalue weighted by Crippen LogP contribution is -2.43. The second-order valence-electron chi connectivity index (χ2n) is 6.67. The van der Waals surface area contributed by atoms with E-state index in [9.17, 15) is 14.4 Å². The molecule has 2 atom stereocenters. The van der Waals surface area contributed by atoms with E-state index in [1.54, 1.807) is 49.6 Å². The Morgan fingerprint density at radius 3 is 2.59 bits per heavy atom. The molecule has 0 saturated carbocycles. The zero-order valence-corrected chi connectivity index (χ0v) is 16.3. The van der Waals surface area contributed by atoms with Crippen molar-refractivity contribution in [3.63, 3.8) is 0 Å². The molecular formula is C21H23N3O5. The van der Waals surface area contributed by atoms with Gasteiger partial charge in [0, 0.05) is 18.4 Å². The Labute approximate surface area is 168 Å². The van der Waals surface area contributed by atoms with E-state index in [4.69, 9.17) is 9.47 Å². The minimum atomic E-state index is -1.00. The summed E-state index contributed by atoms with van der Waals surface area (Å²) < 4.78 is 10.4. The van der Waals surface area contributed by atoms with E-state index < -0.39 is 24.0 Å². The molecule has 0 unspecified atom stereocenters. The minimum absolute atomic E-state index is 0.275. The van der Waals surface area contributed by atoms with Crippen molar-refractivity contribution in [2.75, 3.05) is 19.0 Å². The number of nitrogens with one attached hydrogen (secondary N) is 1. The first-order valence-electron chi connectivity index (χ1n) is 9.37.